The lowest BCUT2D eigenvalue weighted by Crippen LogP contribution is -2.41. The van der Waals surface area contributed by atoms with E-state index in [0.717, 1.165) is 31.5 Å². The third kappa shape index (κ3) is 3.40. The van der Waals surface area contributed by atoms with Gasteiger partial charge in [0.1, 0.15) is 6.04 Å². The summed E-state index contributed by atoms with van der Waals surface area (Å²) in [5.41, 5.74) is 1.13. The summed E-state index contributed by atoms with van der Waals surface area (Å²) >= 11 is 0. The van der Waals surface area contributed by atoms with E-state index in [9.17, 15) is 4.79 Å². The fraction of sp³-hybridized carbons (Fsp3) is 0.588. The van der Waals surface area contributed by atoms with Crippen molar-refractivity contribution in [2.24, 2.45) is 0 Å². The van der Waals surface area contributed by atoms with Gasteiger partial charge in [-0.3, -0.25) is 9.69 Å². The molecule has 1 aromatic rings. The summed E-state index contributed by atoms with van der Waals surface area (Å²) in [5.74, 6) is 0.195. The molecule has 1 saturated heterocycles. The van der Waals surface area contributed by atoms with Gasteiger partial charge in [-0.05, 0) is 44.3 Å². The number of nitrogens with zero attached hydrogens (tertiary/aromatic N) is 1. The lowest BCUT2D eigenvalue weighted by Gasteiger charge is -2.30. The van der Waals surface area contributed by atoms with E-state index in [1.807, 2.05) is 18.2 Å². The van der Waals surface area contributed by atoms with Gasteiger partial charge in [0.2, 0.25) is 5.91 Å². The van der Waals surface area contributed by atoms with Crippen LogP contribution in [0.2, 0.25) is 0 Å². The van der Waals surface area contributed by atoms with Gasteiger partial charge in [-0.25, -0.2) is 0 Å². The number of carbonyl (C=O) groups excluding carboxylic acids is 1. The van der Waals surface area contributed by atoms with Crippen molar-refractivity contribution in [2.45, 2.75) is 50.6 Å². The lowest BCUT2D eigenvalue weighted by molar-refractivity contribution is -0.126. The minimum Gasteiger partial charge on any atom is -0.352 e. The van der Waals surface area contributed by atoms with Crippen LogP contribution in [0.15, 0.2) is 30.3 Å². The van der Waals surface area contributed by atoms with Gasteiger partial charge in [0.15, 0.2) is 0 Å². The number of nitrogens with one attached hydrogen (secondary N) is 1. The molecule has 3 rings (SSSR count). The molecule has 0 spiro atoms. The topological polar surface area (TPSA) is 32.3 Å². The average Bonchev–Trinajstić information content (AvgIpc) is 3.28. The van der Waals surface area contributed by atoms with Crippen LogP contribution in [0.5, 0.6) is 0 Å². The molecule has 1 N–H and O–H groups in total. The molecule has 1 aromatic carbocycles. The second kappa shape index (κ2) is 6.40. The molecule has 1 aliphatic carbocycles. The zero-order valence-corrected chi connectivity index (χ0v) is 12.1. The minimum atomic E-state index is -0.102. The van der Waals surface area contributed by atoms with Gasteiger partial charge in [0.05, 0.1) is 0 Å². The monoisotopic (exact) mass is 272 g/mol. The normalized spacial score (nSPS) is 22.0. The van der Waals surface area contributed by atoms with Crippen LogP contribution in [0.25, 0.3) is 0 Å². The molecule has 3 heteroatoms. The van der Waals surface area contributed by atoms with Gasteiger partial charge in [-0.15, -0.1) is 0 Å². The van der Waals surface area contributed by atoms with Crippen LogP contribution in [0.3, 0.4) is 0 Å². The first-order valence-corrected chi connectivity index (χ1v) is 7.94. The predicted octanol–water partition coefficient (Wildman–Crippen LogP) is 2.88. The number of hydrogen-bond donors (Lipinski definition) is 1. The molecule has 1 saturated carbocycles. The number of amides is 1. The Kier molecular flexibility index (Phi) is 4.36. The largest absolute Gasteiger partial charge is 0.352 e. The highest BCUT2D eigenvalue weighted by Crippen LogP contribution is 2.26. The molecule has 1 unspecified atom stereocenters. The fourth-order valence-corrected chi connectivity index (χ4v) is 3.02. The van der Waals surface area contributed by atoms with Crippen LogP contribution in [-0.4, -0.2) is 29.9 Å². The van der Waals surface area contributed by atoms with Crippen LogP contribution in [0, 0.1) is 0 Å². The highest BCUT2D eigenvalue weighted by Gasteiger charge is 2.32. The summed E-state index contributed by atoms with van der Waals surface area (Å²) in [4.78, 5) is 15.0. The first-order valence-electron chi connectivity index (χ1n) is 7.94. The standard InChI is InChI=1S/C17H24N2O/c20-17(18-15-10-11-15)16(14-8-4-3-5-9-14)19-12-6-1-2-7-13-19/h3-5,8-9,15-16H,1-2,6-7,10-13H2,(H,18,20). The molecule has 1 aliphatic heterocycles. The Morgan fingerprint density at radius 2 is 1.70 bits per heavy atom. The van der Waals surface area contributed by atoms with E-state index in [4.69, 9.17) is 0 Å². The molecule has 0 bridgehead atoms. The second-order valence-electron chi connectivity index (χ2n) is 6.05. The molecular weight excluding hydrogens is 248 g/mol. The lowest BCUT2D eigenvalue weighted by atomic mass is 10.0. The molecule has 1 amide bonds. The first kappa shape index (κ1) is 13.6. The van der Waals surface area contributed by atoms with Gasteiger partial charge < -0.3 is 5.32 Å². The van der Waals surface area contributed by atoms with Crippen molar-refractivity contribution < 1.29 is 4.79 Å². The van der Waals surface area contributed by atoms with Crippen molar-refractivity contribution in [1.29, 1.82) is 0 Å². The molecule has 0 aromatic heterocycles. The van der Waals surface area contributed by atoms with Gasteiger partial charge in [0.25, 0.3) is 0 Å². The minimum absolute atomic E-state index is 0.102. The Morgan fingerprint density at radius 1 is 1.05 bits per heavy atom. The fourth-order valence-electron chi connectivity index (χ4n) is 3.02. The Morgan fingerprint density at radius 3 is 2.30 bits per heavy atom. The van der Waals surface area contributed by atoms with Crippen LogP contribution in [-0.2, 0) is 4.79 Å². The first-order chi connectivity index (χ1) is 9.84. The van der Waals surface area contributed by atoms with E-state index >= 15 is 0 Å². The van der Waals surface area contributed by atoms with Crippen LogP contribution in [0.1, 0.15) is 50.1 Å². The Hall–Kier alpha value is -1.35. The summed E-state index contributed by atoms with van der Waals surface area (Å²) < 4.78 is 0. The summed E-state index contributed by atoms with van der Waals surface area (Å²) in [6, 6.07) is 10.6. The maximum atomic E-state index is 12.7. The van der Waals surface area contributed by atoms with Gasteiger partial charge in [0, 0.05) is 6.04 Å². The van der Waals surface area contributed by atoms with E-state index in [0.29, 0.717) is 6.04 Å². The number of hydrogen-bond acceptors (Lipinski definition) is 2. The zero-order chi connectivity index (χ0) is 13.8. The molecule has 2 aliphatic rings. The second-order valence-corrected chi connectivity index (χ2v) is 6.05. The zero-order valence-electron chi connectivity index (χ0n) is 12.1. The third-order valence-corrected chi connectivity index (χ3v) is 4.29. The summed E-state index contributed by atoms with van der Waals surface area (Å²) in [6.45, 7) is 2.08. The molecule has 1 heterocycles. The van der Waals surface area contributed by atoms with Crippen molar-refractivity contribution in [1.82, 2.24) is 10.2 Å². The van der Waals surface area contributed by atoms with Crippen molar-refractivity contribution in [2.75, 3.05) is 13.1 Å². The van der Waals surface area contributed by atoms with Crippen molar-refractivity contribution in [3.8, 4) is 0 Å². The van der Waals surface area contributed by atoms with Crippen molar-refractivity contribution in [3.05, 3.63) is 35.9 Å². The molecule has 0 radical (unpaired) electrons. The number of likely N-dealkylation sites (tertiary alicyclic amines) is 1. The van der Waals surface area contributed by atoms with Gasteiger partial charge in [-0.2, -0.15) is 0 Å². The summed E-state index contributed by atoms with van der Waals surface area (Å²) in [6.07, 6.45) is 7.30. The Labute approximate surface area is 121 Å². The van der Waals surface area contributed by atoms with Gasteiger partial charge in [-0.1, -0.05) is 43.2 Å². The molecule has 20 heavy (non-hydrogen) atoms. The Bertz CT molecular complexity index is 434. The highest BCUT2D eigenvalue weighted by molar-refractivity contribution is 5.83. The van der Waals surface area contributed by atoms with Crippen LogP contribution in [0.4, 0.5) is 0 Å². The number of carbonyl (C=O) groups is 1. The van der Waals surface area contributed by atoms with Crippen LogP contribution >= 0.6 is 0 Å². The maximum Gasteiger partial charge on any atom is 0.242 e. The average molecular weight is 272 g/mol. The maximum absolute atomic E-state index is 12.7. The molecule has 3 nitrogen and oxygen atoms in total. The molecular formula is C17H24N2O. The van der Waals surface area contributed by atoms with E-state index in [-0.39, 0.29) is 11.9 Å². The number of rotatable bonds is 4. The predicted molar refractivity (Wildman–Crippen MR) is 80.4 cm³/mol. The molecule has 1 atom stereocenters. The van der Waals surface area contributed by atoms with E-state index in [1.165, 1.54) is 25.7 Å². The molecule has 108 valence electrons. The van der Waals surface area contributed by atoms with E-state index in [2.05, 4.69) is 22.3 Å². The number of benzene rings is 1. The SMILES string of the molecule is O=C(NC1CC1)C(c1ccccc1)N1CCCCCC1. The van der Waals surface area contributed by atoms with E-state index < -0.39 is 0 Å². The van der Waals surface area contributed by atoms with Crippen molar-refractivity contribution in [3.63, 3.8) is 0 Å². The van der Waals surface area contributed by atoms with Crippen LogP contribution < -0.4 is 5.32 Å². The quantitative estimate of drug-likeness (QED) is 0.914. The Balaban J connectivity index is 1.79. The molecule has 2 fully saturated rings. The smallest absolute Gasteiger partial charge is 0.242 e. The van der Waals surface area contributed by atoms with Crippen molar-refractivity contribution >= 4 is 5.91 Å². The summed E-state index contributed by atoms with van der Waals surface area (Å²) in [7, 11) is 0. The van der Waals surface area contributed by atoms with E-state index in [1.54, 1.807) is 0 Å². The van der Waals surface area contributed by atoms with Gasteiger partial charge >= 0.3 is 0 Å². The summed E-state index contributed by atoms with van der Waals surface area (Å²) in [5, 5.41) is 3.19. The highest BCUT2D eigenvalue weighted by atomic mass is 16.2. The third-order valence-electron chi connectivity index (χ3n) is 4.29.